The number of ether oxygens (including phenoxy) is 1. The fraction of sp³-hybridized carbons (Fsp3) is 1.00. The molecule has 0 radical (unpaired) electrons. The van der Waals surface area contributed by atoms with Crippen molar-refractivity contribution in [1.29, 1.82) is 0 Å². The lowest BCUT2D eigenvalue weighted by Crippen LogP contribution is -2.63. The van der Waals surface area contributed by atoms with Gasteiger partial charge >= 0.3 is 0 Å². The second-order valence-corrected chi connectivity index (χ2v) is 8.56. The highest BCUT2D eigenvalue weighted by molar-refractivity contribution is 5.08. The quantitative estimate of drug-likeness (QED) is 0.751. The van der Waals surface area contributed by atoms with Crippen LogP contribution >= 0.6 is 0 Å². The molecule has 2 aliphatic carbocycles. The van der Waals surface area contributed by atoms with Gasteiger partial charge < -0.3 is 10.1 Å². The second-order valence-electron chi connectivity index (χ2n) is 8.56. The molecular formula is C19H37NO. The predicted molar refractivity (Wildman–Crippen MR) is 90.6 cm³/mol. The number of hydrogen-bond acceptors (Lipinski definition) is 2. The molecule has 1 N–H and O–H groups in total. The largest absolute Gasteiger partial charge is 0.377 e. The standard InChI is InChI=1S/C19H37NO/c1-5-13-20-16-15-17(21-14-12-18(2,3)4)19(16)10-8-6-7-9-11-19/h16-17,20H,5-15H2,1-4H3. The highest BCUT2D eigenvalue weighted by Gasteiger charge is 2.54. The van der Waals surface area contributed by atoms with Crippen molar-refractivity contribution < 1.29 is 4.74 Å². The van der Waals surface area contributed by atoms with Crippen molar-refractivity contribution in [3.63, 3.8) is 0 Å². The Morgan fingerprint density at radius 3 is 2.33 bits per heavy atom. The van der Waals surface area contributed by atoms with E-state index in [0.29, 0.717) is 16.9 Å². The highest BCUT2D eigenvalue weighted by Crippen LogP contribution is 2.52. The zero-order valence-corrected chi connectivity index (χ0v) is 14.8. The Labute approximate surface area is 132 Å². The molecule has 0 aliphatic heterocycles. The van der Waals surface area contributed by atoms with Gasteiger partial charge in [-0.2, -0.15) is 0 Å². The van der Waals surface area contributed by atoms with Gasteiger partial charge in [0.25, 0.3) is 0 Å². The minimum Gasteiger partial charge on any atom is -0.377 e. The molecule has 0 amide bonds. The van der Waals surface area contributed by atoms with E-state index in [1.54, 1.807) is 0 Å². The third kappa shape index (κ3) is 4.45. The Morgan fingerprint density at radius 1 is 1.10 bits per heavy atom. The van der Waals surface area contributed by atoms with Crippen LogP contribution in [0.15, 0.2) is 0 Å². The summed E-state index contributed by atoms with van der Waals surface area (Å²) in [4.78, 5) is 0. The molecule has 0 aromatic heterocycles. The number of nitrogens with one attached hydrogen (secondary N) is 1. The smallest absolute Gasteiger partial charge is 0.0661 e. The SMILES string of the molecule is CCCNC1CC(OCCC(C)(C)C)C12CCCCCC2. The number of rotatable bonds is 6. The molecule has 2 saturated carbocycles. The monoisotopic (exact) mass is 295 g/mol. The molecule has 0 aromatic rings. The molecule has 0 heterocycles. The molecule has 21 heavy (non-hydrogen) atoms. The van der Waals surface area contributed by atoms with Crippen LogP contribution in [0.25, 0.3) is 0 Å². The molecule has 0 saturated heterocycles. The van der Waals surface area contributed by atoms with E-state index in [1.807, 2.05) is 0 Å². The summed E-state index contributed by atoms with van der Waals surface area (Å²) in [6.07, 6.45) is 12.6. The van der Waals surface area contributed by atoms with Crippen molar-refractivity contribution in [1.82, 2.24) is 5.32 Å². The first-order valence-electron chi connectivity index (χ1n) is 9.33. The third-order valence-corrected chi connectivity index (χ3v) is 5.63. The summed E-state index contributed by atoms with van der Waals surface area (Å²) in [6.45, 7) is 11.3. The van der Waals surface area contributed by atoms with E-state index in [9.17, 15) is 0 Å². The Hall–Kier alpha value is -0.0800. The minimum atomic E-state index is 0.389. The fourth-order valence-electron chi connectivity index (χ4n) is 4.15. The fourth-order valence-corrected chi connectivity index (χ4v) is 4.15. The van der Waals surface area contributed by atoms with Crippen molar-refractivity contribution >= 4 is 0 Å². The van der Waals surface area contributed by atoms with Gasteiger partial charge in [0, 0.05) is 18.1 Å². The lowest BCUT2D eigenvalue weighted by molar-refractivity contribution is -0.147. The van der Waals surface area contributed by atoms with Gasteiger partial charge in [-0.25, -0.2) is 0 Å². The summed E-state index contributed by atoms with van der Waals surface area (Å²) >= 11 is 0. The first kappa shape index (κ1) is 17.3. The maximum absolute atomic E-state index is 6.37. The first-order chi connectivity index (χ1) is 9.98. The summed E-state index contributed by atoms with van der Waals surface area (Å²) in [6, 6.07) is 0.718. The van der Waals surface area contributed by atoms with Crippen LogP contribution in [0.3, 0.4) is 0 Å². The molecular weight excluding hydrogens is 258 g/mol. The summed E-state index contributed by atoms with van der Waals surface area (Å²) < 4.78 is 6.37. The van der Waals surface area contributed by atoms with Gasteiger partial charge in [-0.3, -0.25) is 0 Å². The van der Waals surface area contributed by atoms with Crippen molar-refractivity contribution in [2.75, 3.05) is 13.2 Å². The molecule has 2 aliphatic rings. The van der Waals surface area contributed by atoms with Crippen LogP contribution in [0.4, 0.5) is 0 Å². The van der Waals surface area contributed by atoms with Crippen LogP contribution < -0.4 is 5.32 Å². The van der Waals surface area contributed by atoms with E-state index in [1.165, 1.54) is 64.3 Å². The van der Waals surface area contributed by atoms with Gasteiger partial charge in [0.05, 0.1) is 6.10 Å². The second kappa shape index (κ2) is 7.46. The Bertz CT molecular complexity index is 299. The van der Waals surface area contributed by atoms with Gasteiger partial charge in [0.15, 0.2) is 0 Å². The van der Waals surface area contributed by atoms with E-state index >= 15 is 0 Å². The van der Waals surface area contributed by atoms with Gasteiger partial charge in [-0.1, -0.05) is 53.4 Å². The summed E-state index contributed by atoms with van der Waals surface area (Å²) in [5, 5.41) is 3.81. The van der Waals surface area contributed by atoms with Crippen LogP contribution in [0.1, 0.15) is 85.5 Å². The maximum atomic E-state index is 6.37. The van der Waals surface area contributed by atoms with Crippen LogP contribution in [0.2, 0.25) is 0 Å². The van der Waals surface area contributed by atoms with E-state index in [4.69, 9.17) is 4.74 Å². The van der Waals surface area contributed by atoms with Crippen molar-refractivity contribution in [2.45, 2.75) is 97.6 Å². The Kier molecular flexibility index (Phi) is 6.14. The molecule has 2 nitrogen and oxygen atoms in total. The maximum Gasteiger partial charge on any atom is 0.0661 e. The topological polar surface area (TPSA) is 21.3 Å². The molecule has 2 fully saturated rings. The van der Waals surface area contributed by atoms with Crippen LogP contribution in [-0.4, -0.2) is 25.3 Å². The van der Waals surface area contributed by atoms with Crippen LogP contribution in [-0.2, 0) is 4.74 Å². The Balaban J connectivity index is 1.90. The van der Waals surface area contributed by atoms with E-state index in [0.717, 1.165) is 12.6 Å². The van der Waals surface area contributed by atoms with E-state index in [-0.39, 0.29) is 0 Å². The normalized spacial score (nSPS) is 29.1. The van der Waals surface area contributed by atoms with Crippen molar-refractivity contribution in [2.24, 2.45) is 10.8 Å². The van der Waals surface area contributed by atoms with Gasteiger partial charge in [-0.15, -0.1) is 0 Å². The average molecular weight is 296 g/mol. The molecule has 2 unspecified atom stereocenters. The molecule has 124 valence electrons. The lowest BCUT2D eigenvalue weighted by Gasteiger charge is -2.56. The van der Waals surface area contributed by atoms with Crippen LogP contribution in [0, 0.1) is 10.8 Å². The predicted octanol–water partition coefficient (Wildman–Crippen LogP) is 4.92. The van der Waals surface area contributed by atoms with E-state index < -0.39 is 0 Å². The molecule has 1 spiro atoms. The minimum absolute atomic E-state index is 0.389. The van der Waals surface area contributed by atoms with E-state index in [2.05, 4.69) is 33.0 Å². The lowest BCUT2D eigenvalue weighted by atomic mass is 9.57. The zero-order valence-electron chi connectivity index (χ0n) is 14.8. The molecule has 2 heteroatoms. The summed E-state index contributed by atoms with van der Waals surface area (Å²) in [5.41, 5.74) is 0.851. The van der Waals surface area contributed by atoms with Crippen LogP contribution in [0.5, 0.6) is 0 Å². The Morgan fingerprint density at radius 2 is 1.76 bits per heavy atom. The van der Waals surface area contributed by atoms with Crippen molar-refractivity contribution in [3.8, 4) is 0 Å². The zero-order chi connectivity index (χ0) is 15.3. The molecule has 0 bridgehead atoms. The first-order valence-corrected chi connectivity index (χ1v) is 9.33. The molecule has 0 aromatic carbocycles. The summed E-state index contributed by atoms with van der Waals surface area (Å²) in [7, 11) is 0. The van der Waals surface area contributed by atoms with Gasteiger partial charge in [0.2, 0.25) is 0 Å². The van der Waals surface area contributed by atoms with Crippen molar-refractivity contribution in [3.05, 3.63) is 0 Å². The third-order valence-electron chi connectivity index (χ3n) is 5.63. The van der Waals surface area contributed by atoms with Gasteiger partial charge in [-0.05, 0) is 44.1 Å². The molecule has 2 rings (SSSR count). The average Bonchev–Trinajstić information content (AvgIpc) is 2.67. The molecule has 2 atom stereocenters. The van der Waals surface area contributed by atoms with Gasteiger partial charge in [0.1, 0.15) is 0 Å². The highest BCUT2D eigenvalue weighted by atomic mass is 16.5. The number of hydrogen-bond donors (Lipinski definition) is 1. The summed E-state index contributed by atoms with van der Waals surface area (Å²) in [5.74, 6) is 0.